The monoisotopic (exact) mass is 251 g/mol. The molecule has 1 rings (SSSR count). The number of primary amides is 1. The molecule has 1 aromatic rings. The molecule has 1 amide bonds. The highest BCUT2D eigenvalue weighted by Crippen LogP contribution is 2.20. The predicted molar refractivity (Wildman–Crippen MR) is 70.2 cm³/mol. The van der Waals surface area contributed by atoms with Crippen LogP contribution in [0, 0.1) is 6.92 Å². The summed E-state index contributed by atoms with van der Waals surface area (Å²) in [6.07, 6.45) is 0.811. The second kappa shape index (κ2) is 6.35. The number of carbonyl (C=O) groups is 1. The first-order valence-electron chi connectivity index (χ1n) is 6.12. The number of nitrogens with two attached hydrogens (primary N) is 2. The van der Waals surface area contributed by atoms with E-state index in [4.69, 9.17) is 16.2 Å². The van der Waals surface area contributed by atoms with Gasteiger partial charge >= 0.3 is 0 Å². The van der Waals surface area contributed by atoms with Crippen molar-refractivity contribution in [3.8, 4) is 5.75 Å². The summed E-state index contributed by atoms with van der Waals surface area (Å²) in [5.74, 6) is 0.0807. The van der Waals surface area contributed by atoms with Gasteiger partial charge in [-0.1, -0.05) is 6.92 Å². The van der Waals surface area contributed by atoms with Gasteiger partial charge in [0.25, 0.3) is 5.91 Å². The molecular weight excluding hydrogens is 230 g/mol. The van der Waals surface area contributed by atoms with Crippen molar-refractivity contribution in [1.29, 1.82) is 0 Å². The van der Waals surface area contributed by atoms with Gasteiger partial charge in [0.2, 0.25) is 0 Å². The standard InChI is InChI=1S/C13H21N3O2/c1-4-10(14)7-11-12(6-5-8(2)16-11)18-9(3)13(15)17/h5-6,9-10H,4,7,14H2,1-3H3,(H2,15,17). The third kappa shape index (κ3) is 4.00. The van der Waals surface area contributed by atoms with E-state index >= 15 is 0 Å². The molecule has 2 atom stereocenters. The Kier molecular flexibility index (Phi) is 5.09. The highest BCUT2D eigenvalue weighted by atomic mass is 16.5. The molecule has 4 N–H and O–H groups in total. The molecule has 0 bridgehead atoms. The van der Waals surface area contributed by atoms with Gasteiger partial charge in [-0.2, -0.15) is 0 Å². The molecular formula is C13H21N3O2. The lowest BCUT2D eigenvalue weighted by atomic mass is 10.1. The van der Waals surface area contributed by atoms with Crippen LogP contribution in [0.5, 0.6) is 5.75 Å². The highest BCUT2D eigenvalue weighted by Gasteiger charge is 2.15. The van der Waals surface area contributed by atoms with Gasteiger partial charge in [-0.05, 0) is 32.4 Å². The quantitative estimate of drug-likeness (QED) is 0.786. The fraction of sp³-hybridized carbons (Fsp3) is 0.538. The van der Waals surface area contributed by atoms with Crippen LogP contribution in [-0.4, -0.2) is 23.0 Å². The smallest absolute Gasteiger partial charge is 0.258 e. The SMILES string of the molecule is CCC(N)Cc1nc(C)ccc1OC(C)C(N)=O. The molecule has 0 aliphatic rings. The number of ether oxygens (including phenoxy) is 1. The normalized spacial score (nSPS) is 14.0. The van der Waals surface area contributed by atoms with Gasteiger partial charge in [-0.25, -0.2) is 0 Å². The number of hydrogen-bond donors (Lipinski definition) is 2. The number of aromatic nitrogens is 1. The van der Waals surface area contributed by atoms with Gasteiger partial charge < -0.3 is 16.2 Å². The average Bonchev–Trinajstić information content (AvgIpc) is 2.32. The summed E-state index contributed by atoms with van der Waals surface area (Å²) < 4.78 is 5.51. The van der Waals surface area contributed by atoms with Crippen molar-refractivity contribution in [2.24, 2.45) is 11.5 Å². The summed E-state index contributed by atoms with van der Waals surface area (Å²) in [5.41, 5.74) is 12.8. The third-order valence-corrected chi connectivity index (χ3v) is 2.76. The zero-order chi connectivity index (χ0) is 13.7. The topological polar surface area (TPSA) is 91.2 Å². The summed E-state index contributed by atoms with van der Waals surface area (Å²) in [5, 5.41) is 0. The van der Waals surface area contributed by atoms with E-state index in [1.165, 1.54) is 0 Å². The first kappa shape index (κ1) is 14.4. The Labute approximate surface area is 108 Å². The maximum Gasteiger partial charge on any atom is 0.258 e. The largest absolute Gasteiger partial charge is 0.479 e. The van der Waals surface area contributed by atoms with Crippen molar-refractivity contribution >= 4 is 5.91 Å². The number of amides is 1. The van der Waals surface area contributed by atoms with Crippen LogP contribution in [0.4, 0.5) is 0 Å². The predicted octanol–water partition coefficient (Wildman–Crippen LogP) is 0.922. The molecule has 5 heteroatoms. The maximum atomic E-state index is 11.0. The fourth-order valence-corrected chi connectivity index (χ4v) is 1.49. The van der Waals surface area contributed by atoms with Crippen molar-refractivity contribution < 1.29 is 9.53 Å². The van der Waals surface area contributed by atoms with Crippen molar-refractivity contribution in [3.05, 3.63) is 23.5 Å². The summed E-state index contributed by atoms with van der Waals surface area (Å²) in [7, 11) is 0. The molecule has 0 radical (unpaired) electrons. The van der Waals surface area contributed by atoms with Crippen LogP contribution in [0.1, 0.15) is 31.7 Å². The fourth-order valence-electron chi connectivity index (χ4n) is 1.49. The number of nitrogens with zero attached hydrogens (tertiary/aromatic N) is 1. The molecule has 5 nitrogen and oxygen atoms in total. The van der Waals surface area contributed by atoms with E-state index in [9.17, 15) is 4.79 Å². The lowest BCUT2D eigenvalue weighted by Crippen LogP contribution is -2.31. The van der Waals surface area contributed by atoms with E-state index < -0.39 is 12.0 Å². The van der Waals surface area contributed by atoms with Gasteiger partial charge in [-0.3, -0.25) is 9.78 Å². The van der Waals surface area contributed by atoms with Gasteiger partial charge in [0.1, 0.15) is 5.75 Å². The summed E-state index contributed by atoms with van der Waals surface area (Å²) >= 11 is 0. The van der Waals surface area contributed by atoms with Gasteiger partial charge in [0, 0.05) is 18.2 Å². The van der Waals surface area contributed by atoms with Crippen molar-refractivity contribution in [3.63, 3.8) is 0 Å². The van der Waals surface area contributed by atoms with Crippen LogP contribution in [0.3, 0.4) is 0 Å². The van der Waals surface area contributed by atoms with E-state index in [-0.39, 0.29) is 6.04 Å². The van der Waals surface area contributed by atoms with E-state index in [0.29, 0.717) is 12.2 Å². The Balaban J connectivity index is 2.92. The van der Waals surface area contributed by atoms with Crippen LogP contribution in [-0.2, 0) is 11.2 Å². The maximum absolute atomic E-state index is 11.0. The number of carbonyl (C=O) groups excluding carboxylic acids is 1. The highest BCUT2D eigenvalue weighted by molar-refractivity contribution is 5.78. The van der Waals surface area contributed by atoms with E-state index in [0.717, 1.165) is 17.8 Å². The minimum atomic E-state index is -0.675. The zero-order valence-electron chi connectivity index (χ0n) is 11.1. The van der Waals surface area contributed by atoms with Crippen LogP contribution in [0.15, 0.2) is 12.1 Å². The summed E-state index contributed by atoms with van der Waals surface area (Å²) in [4.78, 5) is 15.4. The van der Waals surface area contributed by atoms with Gasteiger partial charge in [0.05, 0.1) is 5.69 Å². The molecule has 100 valence electrons. The van der Waals surface area contributed by atoms with Gasteiger partial charge in [0.15, 0.2) is 6.10 Å². The molecule has 0 saturated heterocycles. The molecule has 0 aliphatic carbocycles. The van der Waals surface area contributed by atoms with Crippen LogP contribution in [0.25, 0.3) is 0 Å². The lowest BCUT2D eigenvalue weighted by molar-refractivity contribution is -0.124. The van der Waals surface area contributed by atoms with Crippen LogP contribution >= 0.6 is 0 Å². The van der Waals surface area contributed by atoms with E-state index in [1.54, 1.807) is 13.0 Å². The van der Waals surface area contributed by atoms with Crippen LogP contribution in [0.2, 0.25) is 0 Å². The minimum Gasteiger partial charge on any atom is -0.479 e. The number of aryl methyl sites for hydroxylation is 1. The average molecular weight is 251 g/mol. The van der Waals surface area contributed by atoms with Crippen molar-refractivity contribution in [1.82, 2.24) is 4.98 Å². The Morgan fingerprint density at radius 2 is 2.17 bits per heavy atom. The lowest BCUT2D eigenvalue weighted by Gasteiger charge is -2.16. The number of hydrogen-bond acceptors (Lipinski definition) is 4. The second-order valence-electron chi connectivity index (χ2n) is 4.43. The molecule has 0 fully saturated rings. The molecule has 18 heavy (non-hydrogen) atoms. The van der Waals surface area contributed by atoms with Crippen LogP contribution < -0.4 is 16.2 Å². The van der Waals surface area contributed by atoms with Crippen molar-refractivity contribution in [2.45, 2.75) is 45.8 Å². The second-order valence-corrected chi connectivity index (χ2v) is 4.43. The zero-order valence-corrected chi connectivity index (χ0v) is 11.1. The number of rotatable bonds is 6. The molecule has 0 saturated carbocycles. The van der Waals surface area contributed by atoms with Gasteiger partial charge in [-0.15, -0.1) is 0 Å². The Morgan fingerprint density at radius 3 is 2.72 bits per heavy atom. The summed E-state index contributed by atoms with van der Waals surface area (Å²) in [6, 6.07) is 3.68. The molecule has 0 spiro atoms. The molecule has 0 aromatic carbocycles. The van der Waals surface area contributed by atoms with E-state index in [1.807, 2.05) is 19.9 Å². The Hall–Kier alpha value is -1.62. The minimum absolute atomic E-state index is 0.0329. The molecule has 1 heterocycles. The number of pyridine rings is 1. The first-order chi connectivity index (χ1) is 8.43. The molecule has 2 unspecified atom stereocenters. The van der Waals surface area contributed by atoms with E-state index in [2.05, 4.69) is 4.98 Å². The third-order valence-electron chi connectivity index (χ3n) is 2.76. The van der Waals surface area contributed by atoms with Crippen molar-refractivity contribution in [2.75, 3.05) is 0 Å². The Morgan fingerprint density at radius 1 is 1.50 bits per heavy atom. The molecule has 0 aliphatic heterocycles. The first-order valence-corrected chi connectivity index (χ1v) is 6.12. The summed E-state index contributed by atoms with van der Waals surface area (Å²) in [6.45, 7) is 5.54. The molecule has 1 aromatic heterocycles. The Bertz CT molecular complexity index is 421.